The van der Waals surface area contributed by atoms with E-state index < -0.39 is 53.4 Å². The second-order valence-corrected chi connectivity index (χ2v) is 6.96. The highest BCUT2D eigenvalue weighted by Gasteiger charge is 2.27. The Kier molecular flexibility index (Phi) is 5.56. The Balaban J connectivity index is 2.26. The van der Waals surface area contributed by atoms with Crippen LogP contribution in [0.2, 0.25) is 0 Å². The van der Waals surface area contributed by atoms with Crippen LogP contribution in [-0.2, 0) is 16.0 Å². The summed E-state index contributed by atoms with van der Waals surface area (Å²) in [5.41, 5.74) is -0.495. The van der Waals surface area contributed by atoms with Gasteiger partial charge in [-0.1, -0.05) is 0 Å². The minimum atomic E-state index is -1.35. The number of phenolic OH excluding ortho intramolecular Hbond substituents is 1. The highest BCUT2D eigenvalue weighted by atomic mass is 19.2. The summed E-state index contributed by atoms with van der Waals surface area (Å²) in [4.78, 5) is 25.1. The largest absolute Gasteiger partial charge is 0.503 e. The zero-order chi connectivity index (χ0) is 22.3. The van der Waals surface area contributed by atoms with Crippen molar-refractivity contribution in [3.05, 3.63) is 64.4 Å². The zero-order valence-corrected chi connectivity index (χ0v) is 16.2. The molecule has 2 aromatic carbocycles. The number of esters is 1. The van der Waals surface area contributed by atoms with Gasteiger partial charge in [-0.05, 0) is 44.5 Å². The number of rotatable bonds is 4. The summed E-state index contributed by atoms with van der Waals surface area (Å²) in [6.45, 7) is 4.61. The first-order valence-corrected chi connectivity index (χ1v) is 8.93. The molecule has 5 nitrogen and oxygen atoms in total. The SMILES string of the molecule is Cc1c(CC(=O)OC(C)C)c2c(F)c(O)c(F)cc2n1C(=O)c1ccc(F)c(F)c1. The molecule has 30 heavy (non-hydrogen) atoms. The first kappa shape index (κ1) is 21.4. The molecule has 0 aliphatic carbocycles. The summed E-state index contributed by atoms with van der Waals surface area (Å²) < 4.78 is 61.5. The molecular formula is C21H17F4NO4. The summed E-state index contributed by atoms with van der Waals surface area (Å²) in [5, 5.41) is 9.34. The van der Waals surface area contributed by atoms with Gasteiger partial charge in [0.1, 0.15) is 0 Å². The number of hydrogen-bond acceptors (Lipinski definition) is 4. The van der Waals surface area contributed by atoms with Gasteiger partial charge in [-0.25, -0.2) is 17.6 Å². The number of phenols is 1. The highest BCUT2D eigenvalue weighted by Crippen LogP contribution is 2.35. The van der Waals surface area contributed by atoms with Crippen molar-refractivity contribution in [3.8, 4) is 5.75 Å². The van der Waals surface area contributed by atoms with E-state index in [0.717, 1.165) is 22.8 Å². The van der Waals surface area contributed by atoms with E-state index in [1.165, 1.54) is 6.92 Å². The van der Waals surface area contributed by atoms with E-state index in [0.29, 0.717) is 6.07 Å². The maximum Gasteiger partial charge on any atom is 0.310 e. The van der Waals surface area contributed by atoms with Gasteiger partial charge in [-0.15, -0.1) is 0 Å². The van der Waals surface area contributed by atoms with E-state index in [4.69, 9.17) is 4.74 Å². The predicted molar refractivity (Wildman–Crippen MR) is 99.3 cm³/mol. The van der Waals surface area contributed by atoms with Crippen molar-refractivity contribution in [1.29, 1.82) is 0 Å². The van der Waals surface area contributed by atoms with E-state index in [-0.39, 0.29) is 27.7 Å². The maximum absolute atomic E-state index is 14.7. The molecule has 0 atom stereocenters. The second kappa shape index (κ2) is 7.81. The number of aromatic nitrogens is 1. The fourth-order valence-corrected chi connectivity index (χ4v) is 3.24. The quantitative estimate of drug-likeness (QED) is 0.499. The van der Waals surface area contributed by atoms with Crippen LogP contribution in [0.15, 0.2) is 24.3 Å². The second-order valence-electron chi connectivity index (χ2n) is 6.96. The van der Waals surface area contributed by atoms with Crippen LogP contribution in [0, 0.1) is 30.2 Å². The van der Waals surface area contributed by atoms with Crippen molar-refractivity contribution in [2.45, 2.75) is 33.3 Å². The third-order valence-electron chi connectivity index (χ3n) is 4.55. The summed E-state index contributed by atoms with van der Waals surface area (Å²) in [7, 11) is 0. The van der Waals surface area contributed by atoms with Crippen LogP contribution < -0.4 is 0 Å². The van der Waals surface area contributed by atoms with Crippen molar-refractivity contribution >= 4 is 22.8 Å². The molecule has 0 radical (unpaired) electrons. The third kappa shape index (κ3) is 3.62. The van der Waals surface area contributed by atoms with Gasteiger partial charge in [0, 0.05) is 22.7 Å². The van der Waals surface area contributed by atoms with Crippen molar-refractivity contribution in [3.63, 3.8) is 0 Å². The average Bonchev–Trinajstić information content (AvgIpc) is 2.92. The zero-order valence-electron chi connectivity index (χ0n) is 16.2. The van der Waals surface area contributed by atoms with Crippen molar-refractivity contribution in [1.82, 2.24) is 4.57 Å². The van der Waals surface area contributed by atoms with Crippen LogP contribution in [0.3, 0.4) is 0 Å². The van der Waals surface area contributed by atoms with E-state index >= 15 is 0 Å². The molecule has 1 N–H and O–H groups in total. The lowest BCUT2D eigenvalue weighted by Crippen LogP contribution is -2.16. The topological polar surface area (TPSA) is 68.5 Å². The van der Waals surface area contributed by atoms with E-state index in [9.17, 15) is 32.3 Å². The number of halogens is 4. The molecule has 1 aromatic heterocycles. The molecule has 0 amide bonds. The van der Waals surface area contributed by atoms with Crippen LogP contribution in [-0.4, -0.2) is 27.7 Å². The Bertz CT molecular complexity index is 1180. The monoisotopic (exact) mass is 423 g/mol. The van der Waals surface area contributed by atoms with Crippen molar-refractivity contribution < 1.29 is 37.0 Å². The Hall–Kier alpha value is -3.36. The Morgan fingerprint density at radius 3 is 2.33 bits per heavy atom. The number of hydrogen-bond donors (Lipinski definition) is 1. The first-order valence-electron chi connectivity index (χ1n) is 8.93. The summed E-state index contributed by atoms with van der Waals surface area (Å²) in [6.07, 6.45) is -0.911. The van der Waals surface area contributed by atoms with Crippen LogP contribution in [0.25, 0.3) is 10.9 Å². The lowest BCUT2D eigenvalue weighted by atomic mass is 10.1. The van der Waals surface area contributed by atoms with Crippen molar-refractivity contribution in [2.75, 3.05) is 0 Å². The molecule has 3 rings (SSSR count). The highest BCUT2D eigenvalue weighted by molar-refractivity contribution is 6.05. The van der Waals surface area contributed by atoms with Gasteiger partial charge < -0.3 is 9.84 Å². The fourth-order valence-electron chi connectivity index (χ4n) is 3.24. The van der Waals surface area contributed by atoms with Crippen LogP contribution in [0.4, 0.5) is 17.6 Å². The molecule has 0 bridgehead atoms. The molecule has 158 valence electrons. The number of carbonyl (C=O) groups excluding carboxylic acids is 2. The lowest BCUT2D eigenvalue weighted by Gasteiger charge is -2.09. The van der Waals surface area contributed by atoms with E-state index in [1.54, 1.807) is 13.8 Å². The van der Waals surface area contributed by atoms with Crippen molar-refractivity contribution in [2.24, 2.45) is 0 Å². The molecule has 0 spiro atoms. The molecular weight excluding hydrogens is 406 g/mol. The predicted octanol–water partition coefficient (Wildman–Crippen LogP) is 4.39. The summed E-state index contributed by atoms with van der Waals surface area (Å²) in [5.74, 6) is -8.01. The van der Waals surface area contributed by atoms with Gasteiger partial charge >= 0.3 is 5.97 Å². The molecule has 0 unspecified atom stereocenters. The molecule has 0 fully saturated rings. The van der Waals surface area contributed by atoms with E-state index in [1.807, 2.05) is 0 Å². The van der Waals surface area contributed by atoms with Crippen LogP contribution in [0.1, 0.15) is 35.5 Å². The lowest BCUT2D eigenvalue weighted by molar-refractivity contribution is -0.146. The minimum absolute atomic E-state index is 0.000571. The van der Waals surface area contributed by atoms with Gasteiger partial charge in [-0.2, -0.15) is 0 Å². The standard InChI is InChI=1S/C21H17F4NO4/c1-9(2)30-17(27)7-12-10(3)26(16-8-15(24)20(28)19(25)18(12)16)21(29)11-4-5-13(22)14(23)6-11/h4-6,8-9,28H,7H2,1-3H3. The number of carbonyl (C=O) groups is 2. The number of aromatic hydroxyl groups is 1. The number of nitrogens with zero attached hydrogens (tertiary/aromatic N) is 1. The van der Waals surface area contributed by atoms with Crippen LogP contribution >= 0.6 is 0 Å². The smallest absolute Gasteiger partial charge is 0.310 e. The Morgan fingerprint density at radius 2 is 1.73 bits per heavy atom. The normalized spacial score (nSPS) is 11.3. The Morgan fingerprint density at radius 1 is 1.07 bits per heavy atom. The molecule has 0 saturated heterocycles. The summed E-state index contributed by atoms with van der Waals surface area (Å²) >= 11 is 0. The molecule has 9 heteroatoms. The number of fused-ring (bicyclic) bond motifs is 1. The van der Waals surface area contributed by atoms with E-state index in [2.05, 4.69) is 0 Å². The molecule has 0 aliphatic heterocycles. The van der Waals surface area contributed by atoms with Gasteiger partial charge in [0.2, 0.25) is 0 Å². The number of benzene rings is 2. The molecule has 0 saturated carbocycles. The minimum Gasteiger partial charge on any atom is -0.503 e. The third-order valence-corrected chi connectivity index (χ3v) is 4.55. The Labute approximate surface area is 168 Å². The first-order chi connectivity index (χ1) is 14.0. The maximum atomic E-state index is 14.7. The molecule has 3 aromatic rings. The van der Waals surface area contributed by atoms with Crippen LogP contribution in [0.5, 0.6) is 5.75 Å². The molecule has 1 heterocycles. The average molecular weight is 423 g/mol. The fraction of sp³-hybridized carbons (Fsp3) is 0.238. The summed E-state index contributed by atoms with van der Waals surface area (Å²) in [6, 6.07) is 3.15. The van der Waals surface area contributed by atoms with Gasteiger partial charge in [0.05, 0.1) is 18.0 Å². The molecule has 0 aliphatic rings. The van der Waals surface area contributed by atoms with Gasteiger partial charge in [-0.3, -0.25) is 14.2 Å². The number of ether oxygens (including phenoxy) is 1. The van der Waals surface area contributed by atoms with Gasteiger partial charge in [0.15, 0.2) is 29.0 Å². The van der Waals surface area contributed by atoms with Gasteiger partial charge in [0.25, 0.3) is 5.91 Å².